The molecule has 0 spiro atoms. The van der Waals surface area contributed by atoms with Crippen LogP contribution in [0.15, 0.2) is 29.2 Å². The summed E-state index contributed by atoms with van der Waals surface area (Å²) in [6, 6.07) is 5.93. The molecule has 0 aromatic heterocycles. The quantitative estimate of drug-likeness (QED) is 0.812. The molecular weight excluding hydrogens is 294 g/mol. The number of carbonyl (C=O) groups is 1. The van der Waals surface area contributed by atoms with E-state index in [1.54, 1.807) is 12.1 Å². The maximum atomic E-state index is 12.5. The van der Waals surface area contributed by atoms with Gasteiger partial charge >= 0.3 is 5.97 Å². The van der Waals surface area contributed by atoms with Gasteiger partial charge in [0.15, 0.2) is 0 Å². The topological polar surface area (TPSA) is 94.9 Å². The van der Waals surface area contributed by atoms with Crippen LogP contribution in [0.25, 0.3) is 0 Å². The second-order valence-corrected chi connectivity index (χ2v) is 7.02. The molecule has 0 aliphatic carbocycles. The number of benzene rings is 1. The Labute approximate surface area is 124 Å². The highest BCUT2D eigenvalue weighted by Crippen LogP contribution is 2.26. The number of carboxylic acid groups (broad SMARTS) is 1. The molecule has 21 heavy (non-hydrogen) atoms. The zero-order chi connectivity index (χ0) is 15.5. The highest BCUT2D eigenvalue weighted by atomic mass is 32.2. The first-order valence-electron chi connectivity index (χ1n) is 6.88. The van der Waals surface area contributed by atoms with E-state index in [0.29, 0.717) is 19.4 Å². The van der Waals surface area contributed by atoms with Crippen LogP contribution in [0.4, 0.5) is 0 Å². The predicted octanol–water partition coefficient (Wildman–Crippen LogP) is 0.849. The van der Waals surface area contributed by atoms with Crippen molar-refractivity contribution < 1.29 is 23.4 Å². The maximum absolute atomic E-state index is 12.5. The number of aliphatic carboxylic acids is 1. The van der Waals surface area contributed by atoms with Gasteiger partial charge in [0, 0.05) is 19.0 Å². The van der Waals surface area contributed by atoms with Crippen LogP contribution >= 0.6 is 0 Å². The molecule has 0 unspecified atom stereocenters. The summed E-state index contributed by atoms with van der Waals surface area (Å²) in [4.78, 5) is 10.7. The standard InChI is InChI=1S/C14H19NO5S/c16-10-12-2-1-9-15(12)21(19,20)13-6-3-11(4-7-13)5-8-14(17)18/h3-4,6-7,12,16H,1-2,5,8-10H2,(H,17,18)/t12-/m0/s1. The summed E-state index contributed by atoms with van der Waals surface area (Å²) >= 11 is 0. The van der Waals surface area contributed by atoms with E-state index in [-0.39, 0.29) is 24.0 Å². The molecule has 2 N–H and O–H groups in total. The number of aryl methyl sites for hydroxylation is 1. The molecule has 1 saturated heterocycles. The van der Waals surface area contributed by atoms with Crippen molar-refractivity contribution in [2.75, 3.05) is 13.2 Å². The Morgan fingerprint density at radius 1 is 1.29 bits per heavy atom. The lowest BCUT2D eigenvalue weighted by atomic mass is 10.1. The minimum Gasteiger partial charge on any atom is -0.481 e. The number of hydrogen-bond acceptors (Lipinski definition) is 4. The van der Waals surface area contributed by atoms with Crippen LogP contribution in [0.2, 0.25) is 0 Å². The van der Waals surface area contributed by atoms with Gasteiger partial charge < -0.3 is 10.2 Å². The molecule has 1 aliphatic rings. The van der Waals surface area contributed by atoms with Crippen molar-refractivity contribution in [3.63, 3.8) is 0 Å². The number of nitrogens with zero attached hydrogens (tertiary/aromatic N) is 1. The molecule has 1 aromatic rings. The third kappa shape index (κ3) is 3.61. The summed E-state index contributed by atoms with van der Waals surface area (Å²) in [5.41, 5.74) is 0.788. The molecule has 7 heteroatoms. The van der Waals surface area contributed by atoms with Crippen molar-refractivity contribution in [3.05, 3.63) is 29.8 Å². The molecule has 1 aromatic carbocycles. The lowest BCUT2D eigenvalue weighted by molar-refractivity contribution is -0.136. The average Bonchev–Trinajstić information content (AvgIpc) is 2.94. The lowest BCUT2D eigenvalue weighted by Crippen LogP contribution is -2.37. The van der Waals surface area contributed by atoms with Gasteiger partial charge in [-0.15, -0.1) is 0 Å². The SMILES string of the molecule is O=C(O)CCc1ccc(S(=O)(=O)N2CCC[C@H]2CO)cc1. The molecule has 0 radical (unpaired) electrons. The van der Waals surface area contributed by atoms with E-state index in [0.717, 1.165) is 12.0 Å². The zero-order valence-electron chi connectivity index (χ0n) is 11.6. The normalized spacial score (nSPS) is 19.8. The van der Waals surface area contributed by atoms with E-state index in [1.165, 1.54) is 16.4 Å². The van der Waals surface area contributed by atoms with Crippen LogP contribution in [0.1, 0.15) is 24.8 Å². The van der Waals surface area contributed by atoms with Gasteiger partial charge in [0.2, 0.25) is 10.0 Å². The fraction of sp³-hybridized carbons (Fsp3) is 0.500. The molecule has 0 saturated carbocycles. The fourth-order valence-electron chi connectivity index (χ4n) is 2.52. The summed E-state index contributed by atoms with van der Waals surface area (Å²) in [7, 11) is -3.59. The Balaban J connectivity index is 2.15. The summed E-state index contributed by atoms with van der Waals surface area (Å²) in [6.45, 7) is 0.254. The summed E-state index contributed by atoms with van der Waals surface area (Å²) in [5, 5.41) is 17.9. The molecule has 0 bridgehead atoms. The number of hydrogen-bond donors (Lipinski definition) is 2. The number of aliphatic hydroxyl groups is 1. The second kappa shape index (κ2) is 6.55. The molecule has 1 aliphatic heterocycles. The van der Waals surface area contributed by atoms with Gasteiger partial charge in [0.1, 0.15) is 0 Å². The van der Waals surface area contributed by atoms with Crippen LogP contribution < -0.4 is 0 Å². The van der Waals surface area contributed by atoms with E-state index >= 15 is 0 Å². The summed E-state index contributed by atoms with van der Waals surface area (Å²) in [5.74, 6) is -0.880. The number of carboxylic acids is 1. The third-order valence-corrected chi connectivity index (χ3v) is 5.66. The van der Waals surface area contributed by atoms with E-state index in [2.05, 4.69) is 0 Å². The smallest absolute Gasteiger partial charge is 0.303 e. The predicted molar refractivity (Wildman–Crippen MR) is 76.4 cm³/mol. The van der Waals surface area contributed by atoms with Crippen LogP contribution in [0.5, 0.6) is 0 Å². The molecule has 116 valence electrons. The first-order chi connectivity index (χ1) is 9.95. The highest BCUT2D eigenvalue weighted by molar-refractivity contribution is 7.89. The molecule has 0 amide bonds. The van der Waals surface area contributed by atoms with Gasteiger partial charge in [-0.05, 0) is 37.0 Å². The van der Waals surface area contributed by atoms with Crippen molar-refractivity contribution in [2.45, 2.75) is 36.6 Å². The summed E-state index contributed by atoms with van der Waals surface area (Å²) < 4.78 is 26.4. The van der Waals surface area contributed by atoms with Crippen LogP contribution in [0, 0.1) is 0 Å². The van der Waals surface area contributed by atoms with Crippen molar-refractivity contribution in [2.24, 2.45) is 0 Å². The summed E-state index contributed by atoms with van der Waals surface area (Å²) in [6.07, 6.45) is 1.82. The molecule has 1 atom stereocenters. The van der Waals surface area contributed by atoms with E-state index < -0.39 is 16.0 Å². The van der Waals surface area contributed by atoms with E-state index in [9.17, 15) is 18.3 Å². The largest absolute Gasteiger partial charge is 0.481 e. The van der Waals surface area contributed by atoms with Crippen molar-refractivity contribution in [1.82, 2.24) is 4.31 Å². The van der Waals surface area contributed by atoms with Gasteiger partial charge in [0.05, 0.1) is 11.5 Å². The van der Waals surface area contributed by atoms with E-state index in [1.807, 2.05) is 0 Å². The second-order valence-electron chi connectivity index (χ2n) is 5.13. The molecule has 1 fully saturated rings. The first-order valence-corrected chi connectivity index (χ1v) is 8.32. The molecule has 6 nitrogen and oxygen atoms in total. The van der Waals surface area contributed by atoms with Gasteiger partial charge in [-0.25, -0.2) is 8.42 Å². The Bertz CT molecular complexity index is 596. The molecule has 1 heterocycles. The van der Waals surface area contributed by atoms with E-state index in [4.69, 9.17) is 5.11 Å². The Morgan fingerprint density at radius 2 is 1.95 bits per heavy atom. The number of aliphatic hydroxyl groups excluding tert-OH is 1. The van der Waals surface area contributed by atoms with Gasteiger partial charge in [-0.1, -0.05) is 12.1 Å². The Morgan fingerprint density at radius 3 is 2.52 bits per heavy atom. The van der Waals surface area contributed by atoms with Crippen molar-refractivity contribution in [3.8, 4) is 0 Å². The first kappa shape index (κ1) is 15.9. The van der Waals surface area contributed by atoms with Gasteiger partial charge in [-0.2, -0.15) is 4.31 Å². The van der Waals surface area contributed by atoms with Gasteiger partial charge in [0.25, 0.3) is 0 Å². The Kier molecular flexibility index (Phi) is 4.97. The zero-order valence-corrected chi connectivity index (χ0v) is 12.4. The Hall–Kier alpha value is -1.44. The van der Waals surface area contributed by atoms with Crippen LogP contribution in [-0.2, 0) is 21.2 Å². The van der Waals surface area contributed by atoms with Crippen molar-refractivity contribution >= 4 is 16.0 Å². The minimum absolute atomic E-state index is 0.0187. The lowest BCUT2D eigenvalue weighted by Gasteiger charge is -2.22. The minimum atomic E-state index is -3.59. The van der Waals surface area contributed by atoms with Gasteiger partial charge in [-0.3, -0.25) is 4.79 Å². The van der Waals surface area contributed by atoms with Crippen molar-refractivity contribution in [1.29, 1.82) is 0 Å². The fourth-order valence-corrected chi connectivity index (χ4v) is 4.21. The molecule has 2 rings (SSSR count). The maximum Gasteiger partial charge on any atom is 0.303 e. The third-order valence-electron chi connectivity index (χ3n) is 3.69. The average molecular weight is 313 g/mol. The number of sulfonamides is 1. The highest BCUT2D eigenvalue weighted by Gasteiger charge is 2.34. The molecular formula is C14H19NO5S. The van der Waals surface area contributed by atoms with Crippen LogP contribution in [0.3, 0.4) is 0 Å². The number of rotatable bonds is 6. The monoisotopic (exact) mass is 313 g/mol. The van der Waals surface area contributed by atoms with Crippen LogP contribution in [-0.4, -0.2) is 48.1 Å².